The lowest BCUT2D eigenvalue weighted by molar-refractivity contribution is -0.137. The van der Waals surface area contributed by atoms with Gasteiger partial charge in [0.2, 0.25) is 0 Å². The number of benzene rings is 1. The molecule has 2 aliphatic rings. The molecule has 0 saturated carbocycles. The van der Waals surface area contributed by atoms with E-state index in [0.717, 1.165) is 76.0 Å². The summed E-state index contributed by atoms with van der Waals surface area (Å²) in [5.74, 6) is 0.780. The Bertz CT molecular complexity index is 730. The van der Waals surface area contributed by atoms with Crippen LogP contribution in [0.3, 0.4) is 0 Å². The quantitative estimate of drug-likeness (QED) is 0.525. The van der Waals surface area contributed by atoms with Crippen LogP contribution in [0.4, 0.5) is 13.2 Å². The van der Waals surface area contributed by atoms with Crippen LogP contribution in [0.2, 0.25) is 0 Å². The largest absolute Gasteiger partial charge is 0.416 e. The maximum atomic E-state index is 12.7. The van der Waals surface area contributed by atoms with Crippen LogP contribution in [-0.2, 0) is 17.5 Å². The van der Waals surface area contributed by atoms with E-state index in [4.69, 9.17) is 4.74 Å². The van der Waals surface area contributed by atoms with Crippen molar-refractivity contribution in [1.29, 1.82) is 0 Å². The lowest BCUT2D eigenvalue weighted by Gasteiger charge is -2.41. The molecule has 2 saturated heterocycles. The molecule has 1 aromatic carbocycles. The summed E-state index contributed by atoms with van der Waals surface area (Å²) in [7, 11) is 1.77. The highest BCUT2D eigenvalue weighted by molar-refractivity contribution is 5.80. The van der Waals surface area contributed by atoms with Crippen molar-refractivity contribution in [3.63, 3.8) is 0 Å². The van der Waals surface area contributed by atoms with Gasteiger partial charge < -0.3 is 15.4 Å². The second-order valence-corrected chi connectivity index (χ2v) is 8.90. The predicted octanol–water partition coefficient (Wildman–Crippen LogP) is 2.56. The van der Waals surface area contributed by atoms with E-state index in [-0.39, 0.29) is 11.6 Å². The lowest BCUT2D eigenvalue weighted by atomic mass is 10.0. The van der Waals surface area contributed by atoms with Gasteiger partial charge in [-0.1, -0.05) is 12.1 Å². The van der Waals surface area contributed by atoms with E-state index in [9.17, 15) is 13.2 Å². The molecule has 3 rings (SSSR count). The number of alkyl halides is 3. The van der Waals surface area contributed by atoms with E-state index < -0.39 is 11.7 Å². The highest BCUT2D eigenvalue weighted by atomic mass is 19.4. The second kappa shape index (κ2) is 10.2. The SMILES string of the molecule is CN=C(NCC(C)(C)N1CCOCC1)NC1CCN(Cc2ccc(C(F)(F)F)cc2)C1. The molecule has 0 aliphatic carbocycles. The van der Waals surface area contributed by atoms with Crippen LogP contribution in [0, 0.1) is 0 Å². The van der Waals surface area contributed by atoms with Gasteiger partial charge in [-0.25, -0.2) is 0 Å². The van der Waals surface area contributed by atoms with E-state index in [1.54, 1.807) is 19.2 Å². The standard InChI is InChI=1S/C22H34F3N5O/c1-21(2,30-10-12-31-13-11-30)16-27-20(26-3)28-19-8-9-29(15-19)14-17-4-6-18(7-5-17)22(23,24)25/h4-7,19H,8-16H2,1-3H3,(H2,26,27,28). The first kappa shape index (κ1) is 23.8. The Labute approximate surface area is 182 Å². The number of guanidine groups is 1. The van der Waals surface area contributed by atoms with Gasteiger partial charge in [0.05, 0.1) is 18.8 Å². The first-order valence-electron chi connectivity index (χ1n) is 10.9. The first-order chi connectivity index (χ1) is 14.7. The Balaban J connectivity index is 1.45. The molecule has 1 unspecified atom stereocenters. The number of aliphatic imine (C=N–C) groups is 1. The summed E-state index contributed by atoms with van der Waals surface area (Å²) in [6.07, 6.45) is -3.32. The number of nitrogens with one attached hydrogen (secondary N) is 2. The minimum Gasteiger partial charge on any atom is -0.379 e. The molecule has 31 heavy (non-hydrogen) atoms. The van der Waals surface area contributed by atoms with E-state index in [1.807, 2.05) is 0 Å². The molecule has 0 spiro atoms. The van der Waals surface area contributed by atoms with Crippen molar-refractivity contribution in [2.24, 2.45) is 4.99 Å². The fourth-order valence-electron chi connectivity index (χ4n) is 4.12. The summed E-state index contributed by atoms with van der Waals surface area (Å²) in [6, 6.07) is 5.70. The normalized spacial score (nSPS) is 22.0. The molecule has 2 aliphatic heterocycles. The van der Waals surface area contributed by atoms with E-state index in [2.05, 4.69) is 39.3 Å². The molecule has 2 fully saturated rings. The van der Waals surface area contributed by atoms with Gasteiger partial charge in [-0.3, -0.25) is 14.8 Å². The van der Waals surface area contributed by atoms with Gasteiger partial charge in [-0.15, -0.1) is 0 Å². The lowest BCUT2D eigenvalue weighted by Crippen LogP contribution is -2.57. The Hall–Kier alpha value is -1.84. The fraction of sp³-hybridized carbons (Fsp3) is 0.682. The van der Waals surface area contributed by atoms with Crippen LogP contribution in [-0.4, -0.2) is 80.3 Å². The molecule has 0 aromatic heterocycles. The van der Waals surface area contributed by atoms with Gasteiger partial charge in [0.25, 0.3) is 0 Å². The van der Waals surface area contributed by atoms with Gasteiger partial charge in [0.15, 0.2) is 5.96 Å². The number of hydrogen-bond donors (Lipinski definition) is 2. The van der Waals surface area contributed by atoms with Gasteiger partial charge in [0, 0.05) is 57.9 Å². The number of likely N-dealkylation sites (tertiary alicyclic amines) is 1. The number of nitrogens with zero attached hydrogens (tertiary/aromatic N) is 3. The van der Waals surface area contributed by atoms with Crippen molar-refractivity contribution < 1.29 is 17.9 Å². The topological polar surface area (TPSA) is 52.1 Å². The van der Waals surface area contributed by atoms with Crippen LogP contribution in [0.15, 0.2) is 29.3 Å². The minimum absolute atomic E-state index is 0.00825. The van der Waals surface area contributed by atoms with Gasteiger partial charge in [0.1, 0.15) is 0 Å². The zero-order valence-electron chi connectivity index (χ0n) is 18.6. The van der Waals surface area contributed by atoms with Crippen molar-refractivity contribution in [2.75, 3.05) is 53.0 Å². The molecule has 0 amide bonds. The average molecular weight is 442 g/mol. The monoisotopic (exact) mass is 441 g/mol. The third kappa shape index (κ3) is 6.82. The van der Waals surface area contributed by atoms with E-state index in [1.165, 1.54) is 0 Å². The van der Waals surface area contributed by atoms with Crippen LogP contribution in [0.1, 0.15) is 31.4 Å². The average Bonchev–Trinajstić information content (AvgIpc) is 3.18. The van der Waals surface area contributed by atoms with Crippen molar-refractivity contribution in [3.8, 4) is 0 Å². The van der Waals surface area contributed by atoms with Crippen molar-refractivity contribution >= 4 is 5.96 Å². The third-order valence-corrected chi connectivity index (χ3v) is 6.08. The summed E-state index contributed by atoms with van der Waals surface area (Å²) in [5.41, 5.74) is 0.279. The number of morpholine rings is 1. The molecule has 0 bridgehead atoms. The maximum Gasteiger partial charge on any atom is 0.416 e. The molecular weight excluding hydrogens is 407 g/mol. The molecule has 1 atom stereocenters. The number of ether oxygens (including phenoxy) is 1. The molecule has 0 radical (unpaired) electrons. The summed E-state index contributed by atoms with van der Waals surface area (Å²) in [5, 5.41) is 6.94. The van der Waals surface area contributed by atoms with Crippen molar-refractivity contribution in [3.05, 3.63) is 35.4 Å². The van der Waals surface area contributed by atoms with Crippen LogP contribution < -0.4 is 10.6 Å². The van der Waals surface area contributed by atoms with Crippen LogP contribution >= 0.6 is 0 Å². The second-order valence-electron chi connectivity index (χ2n) is 8.90. The summed E-state index contributed by atoms with van der Waals surface area (Å²) in [6.45, 7) is 11.0. The number of rotatable bonds is 6. The third-order valence-electron chi connectivity index (χ3n) is 6.08. The molecule has 6 nitrogen and oxygen atoms in total. The zero-order valence-corrected chi connectivity index (χ0v) is 18.6. The molecule has 1 aromatic rings. The summed E-state index contributed by atoms with van der Waals surface area (Å²) < 4.78 is 43.6. The molecule has 2 N–H and O–H groups in total. The van der Waals surface area contributed by atoms with Crippen molar-refractivity contribution in [1.82, 2.24) is 20.4 Å². The Kier molecular flexibility index (Phi) is 7.82. The van der Waals surface area contributed by atoms with Crippen molar-refractivity contribution in [2.45, 2.75) is 44.6 Å². The van der Waals surface area contributed by atoms with Gasteiger partial charge in [-0.05, 0) is 38.0 Å². The molecule has 174 valence electrons. The highest BCUT2D eigenvalue weighted by Crippen LogP contribution is 2.29. The summed E-state index contributed by atoms with van der Waals surface area (Å²) in [4.78, 5) is 9.05. The predicted molar refractivity (Wildman–Crippen MR) is 116 cm³/mol. The maximum absolute atomic E-state index is 12.7. The Morgan fingerprint density at radius 3 is 2.42 bits per heavy atom. The summed E-state index contributed by atoms with van der Waals surface area (Å²) >= 11 is 0. The highest BCUT2D eigenvalue weighted by Gasteiger charge is 2.31. The Morgan fingerprint density at radius 1 is 1.13 bits per heavy atom. The van der Waals surface area contributed by atoms with E-state index >= 15 is 0 Å². The van der Waals surface area contributed by atoms with Gasteiger partial charge in [-0.2, -0.15) is 13.2 Å². The minimum atomic E-state index is -4.29. The number of halogens is 3. The Morgan fingerprint density at radius 2 is 1.81 bits per heavy atom. The van der Waals surface area contributed by atoms with Crippen LogP contribution in [0.25, 0.3) is 0 Å². The number of hydrogen-bond acceptors (Lipinski definition) is 4. The molecular formula is C22H34F3N5O. The molecule has 2 heterocycles. The van der Waals surface area contributed by atoms with Crippen LogP contribution in [0.5, 0.6) is 0 Å². The first-order valence-corrected chi connectivity index (χ1v) is 10.9. The zero-order chi connectivity index (χ0) is 22.5. The fourth-order valence-corrected chi connectivity index (χ4v) is 4.12. The smallest absolute Gasteiger partial charge is 0.379 e. The molecule has 9 heteroatoms. The van der Waals surface area contributed by atoms with Gasteiger partial charge >= 0.3 is 6.18 Å². The van der Waals surface area contributed by atoms with E-state index in [0.29, 0.717) is 6.54 Å².